The number of hydrogen-bond donors (Lipinski definition) is 1. The van der Waals surface area contributed by atoms with Crippen LogP contribution in [0.5, 0.6) is 0 Å². The number of piperazine rings is 1. The number of piperidine rings is 2. The van der Waals surface area contributed by atoms with E-state index in [1.165, 1.54) is 0 Å². The first-order valence-electron chi connectivity index (χ1n) is 13.8. The first-order chi connectivity index (χ1) is 18.5. The van der Waals surface area contributed by atoms with Gasteiger partial charge in [0, 0.05) is 57.4 Å². The molecule has 0 aromatic heterocycles. The highest BCUT2D eigenvalue weighted by Gasteiger charge is 2.44. The largest absolute Gasteiger partial charge is 0.459 e. The van der Waals surface area contributed by atoms with Crippen LogP contribution in [0.15, 0.2) is 18.2 Å². The summed E-state index contributed by atoms with van der Waals surface area (Å²) in [6, 6.07) is 4.81. The molecule has 1 aromatic carbocycles. The highest BCUT2D eigenvalue weighted by Crippen LogP contribution is 2.31. The quantitative estimate of drug-likeness (QED) is 0.432. The fourth-order valence-corrected chi connectivity index (χ4v) is 6.00. The van der Waals surface area contributed by atoms with Crippen LogP contribution < -0.4 is 10.2 Å². The maximum Gasteiger partial charge on any atom is 0.320 e. The number of nitrogens with zero attached hydrogens (tertiary/aromatic N) is 4. The third kappa shape index (κ3) is 5.84. The number of nitrogens with one attached hydrogen (secondary N) is 1. The number of ether oxygens (including phenoxy) is 1. The Hall–Kier alpha value is -3.31. The van der Waals surface area contributed by atoms with Gasteiger partial charge in [-0.2, -0.15) is 0 Å². The second-order valence-corrected chi connectivity index (χ2v) is 11.8. The third-order valence-electron chi connectivity index (χ3n) is 7.95. The van der Waals surface area contributed by atoms with Crippen LogP contribution in [0.3, 0.4) is 0 Å². The molecule has 4 heterocycles. The Morgan fingerprint density at radius 1 is 0.923 bits per heavy atom. The minimum atomic E-state index is -0.961. The topological polar surface area (TPSA) is 120 Å². The molecule has 3 saturated heterocycles. The summed E-state index contributed by atoms with van der Waals surface area (Å²) in [5, 5.41) is 2.23. The Morgan fingerprint density at radius 3 is 2.23 bits per heavy atom. The molecular formula is C28H37N5O6. The normalized spacial score (nSPS) is 23.7. The lowest BCUT2D eigenvalue weighted by molar-refractivity contribution is -0.156. The zero-order valence-corrected chi connectivity index (χ0v) is 22.9. The highest BCUT2D eigenvalue weighted by molar-refractivity contribution is 6.23. The Morgan fingerprint density at radius 2 is 1.59 bits per heavy atom. The zero-order valence-electron chi connectivity index (χ0n) is 22.9. The van der Waals surface area contributed by atoms with Crippen LogP contribution in [0.4, 0.5) is 5.69 Å². The molecule has 4 aliphatic rings. The van der Waals surface area contributed by atoms with Crippen molar-refractivity contribution in [2.75, 3.05) is 50.7 Å². The van der Waals surface area contributed by atoms with Crippen molar-refractivity contribution >= 4 is 35.3 Å². The smallest absolute Gasteiger partial charge is 0.320 e. The Labute approximate surface area is 228 Å². The van der Waals surface area contributed by atoms with Crippen LogP contribution in [-0.4, -0.2) is 108 Å². The standard InChI is InChI=1S/C28H37N5O6/c1-28(2,3)39-24(35)17-30-10-8-18(9-11-30)31-12-14-32(15-13-31)19-4-5-20-21(16-19)27(38)33(26(20)37)22-6-7-23(34)29-25(22)36/h4-5,16,18,22H,6-15,17H2,1-3H3,(H,29,34,36). The van der Waals surface area contributed by atoms with Crippen molar-refractivity contribution in [1.29, 1.82) is 0 Å². The molecule has 3 fully saturated rings. The first-order valence-corrected chi connectivity index (χ1v) is 13.8. The van der Waals surface area contributed by atoms with Gasteiger partial charge in [-0.1, -0.05) is 0 Å². The number of carbonyl (C=O) groups is 5. The number of imide groups is 2. The summed E-state index contributed by atoms with van der Waals surface area (Å²) in [7, 11) is 0. The highest BCUT2D eigenvalue weighted by atomic mass is 16.6. The number of likely N-dealkylation sites (tertiary alicyclic amines) is 1. The second kappa shape index (κ2) is 10.7. The molecule has 4 aliphatic heterocycles. The molecule has 0 aliphatic carbocycles. The molecule has 1 atom stereocenters. The number of amides is 4. The number of esters is 1. The van der Waals surface area contributed by atoms with E-state index < -0.39 is 29.4 Å². The molecule has 5 rings (SSSR count). The summed E-state index contributed by atoms with van der Waals surface area (Å²) in [6.45, 7) is 11.1. The summed E-state index contributed by atoms with van der Waals surface area (Å²) in [4.78, 5) is 70.0. The van der Waals surface area contributed by atoms with E-state index >= 15 is 0 Å². The van der Waals surface area contributed by atoms with Gasteiger partial charge >= 0.3 is 5.97 Å². The van der Waals surface area contributed by atoms with E-state index in [2.05, 4.69) is 20.0 Å². The predicted octanol–water partition coefficient (Wildman–Crippen LogP) is 1.02. The SMILES string of the molecule is CC(C)(C)OC(=O)CN1CCC(N2CCN(c3ccc4c(c3)C(=O)N(C3CCC(=O)NC3=O)C4=O)CC2)CC1. The minimum absolute atomic E-state index is 0.0993. The molecule has 11 nitrogen and oxygen atoms in total. The number of rotatable bonds is 5. The molecular weight excluding hydrogens is 502 g/mol. The molecule has 1 unspecified atom stereocenters. The van der Waals surface area contributed by atoms with Crippen LogP contribution in [-0.2, 0) is 19.1 Å². The Kier molecular flexibility index (Phi) is 7.47. The number of hydrogen-bond acceptors (Lipinski definition) is 9. The molecule has 1 N–H and O–H groups in total. The van der Waals surface area contributed by atoms with Crippen LogP contribution in [0.2, 0.25) is 0 Å². The number of carbonyl (C=O) groups excluding carboxylic acids is 5. The number of anilines is 1. The molecule has 0 spiro atoms. The van der Waals surface area contributed by atoms with E-state index in [0.29, 0.717) is 23.7 Å². The van der Waals surface area contributed by atoms with Gasteiger partial charge in [-0.05, 0) is 58.2 Å². The van der Waals surface area contributed by atoms with Gasteiger partial charge in [0.05, 0.1) is 17.7 Å². The van der Waals surface area contributed by atoms with E-state index in [0.717, 1.165) is 62.7 Å². The van der Waals surface area contributed by atoms with Gasteiger partial charge in [0.1, 0.15) is 11.6 Å². The van der Waals surface area contributed by atoms with Crippen LogP contribution in [0.1, 0.15) is 67.2 Å². The summed E-state index contributed by atoms with van der Waals surface area (Å²) in [5.74, 6) is -2.14. The average molecular weight is 540 g/mol. The van der Waals surface area contributed by atoms with E-state index in [9.17, 15) is 24.0 Å². The van der Waals surface area contributed by atoms with Crippen molar-refractivity contribution in [2.45, 2.75) is 64.1 Å². The molecule has 0 saturated carbocycles. The van der Waals surface area contributed by atoms with Crippen LogP contribution in [0.25, 0.3) is 0 Å². The van der Waals surface area contributed by atoms with Crippen molar-refractivity contribution in [1.82, 2.24) is 20.0 Å². The average Bonchev–Trinajstić information content (AvgIpc) is 3.13. The molecule has 1 aromatic rings. The number of fused-ring (bicyclic) bond motifs is 1. The fraction of sp³-hybridized carbons (Fsp3) is 0.607. The summed E-state index contributed by atoms with van der Waals surface area (Å²) >= 11 is 0. The van der Waals surface area contributed by atoms with Crippen LogP contribution in [0, 0.1) is 0 Å². The predicted molar refractivity (Wildman–Crippen MR) is 142 cm³/mol. The van der Waals surface area contributed by atoms with Gasteiger partial charge in [0.25, 0.3) is 11.8 Å². The summed E-state index contributed by atoms with van der Waals surface area (Å²) < 4.78 is 5.45. The van der Waals surface area contributed by atoms with E-state index in [1.807, 2.05) is 26.8 Å². The van der Waals surface area contributed by atoms with Gasteiger partial charge in [-0.25, -0.2) is 0 Å². The van der Waals surface area contributed by atoms with Gasteiger partial charge in [-0.3, -0.25) is 44.0 Å². The van der Waals surface area contributed by atoms with E-state index in [4.69, 9.17) is 4.74 Å². The van der Waals surface area contributed by atoms with Crippen molar-refractivity contribution < 1.29 is 28.7 Å². The van der Waals surface area contributed by atoms with Crippen molar-refractivity contribution in [3.8, 4) is 0 Å². The maximum atomic E-state index is 13.2. The van der Waals surface area contributed by atoms with Gasteiger partial charge in [0.15, 0.2) is 0 Å². The zero-order chi connectivity index (χ0) is 27.9. The van der Waals surface area contributed by atoms with Gasteiger partial charge < -0.3 is 9.64 Å². The monoisotopic (exact) mass is 539 g/mol. The maximum absolute atomic E-state index is 13.2. The molecule has 0 radical (unpaired) electrons. The fourth-order valence-electron chi connectivity index (χ4n) is 6.00. The van der Waals surface area contributed by atoms with Crippen molar-refractivity contribution in [3.05, 3.63) is 29.3 Å². The molecule has 11 heteroatoms. The number of benzene rings is 1. The van der Waals surface area contributed by atoms with E-state index in [-0.39, 0.29) is 24.7 Å². The Balaban J connectivity index is 1.14. The lowest BCUT2D eigenvalue weighted by Gasteiger charge is -2.43. The Bertz CT molecular complexity index is 1180. The third-order valence-corrected chi connectivity index (χ3v) is 7.95. The molecule has 0 bridgehead atoms. The second-order valence-electron chi connectivity index (χ2n) is 11.8. The lowest BCUT2D eigenvalue weighted by Crippen LogP contribution is -2.54. The van der Waals surface area contributed by atoms with Gasteiger partial charge in [0.2, 0.25) is 11.8 Å². The van der Waals surface area contributed by atoms with Crippen LogP contribution >= 0.6 is 0 Å². The summed E-state index contributed by atoms with van der Waals surface area (Å²) in [6.07, 6.45) is 2.26. The van der Waals surface area contributed by atoms with Crippen molar-refractivity contribution in [3.63, 3.8) is 0 Å². The first kappa shape index (κ1) is 27.3. The molecule has 39 heavy (non-hydrogen) atoms. The minimum Gasteiger partial charge on any atom is -0.459 e. The lowest BCUT2D eigenvalue weighted by atomic mass is 10.0. The van der Waals surface area contributed by atoms with Gasteiger partial charge in [-0.15, -0.1) is 0 Å². The molecule has 210 valence electrons. The van der Waals surface area contributed by atoms with Crippen molar-refractivity contribution in [2.24, 2.45) is 0 Å². The summed E-state index contributed by atoms with van der Waals surface area (Å²) in [5.41, 5.74) is 1.02. The van der Waals surface area contributed by atoms with E-state index in [1.54, 1.807) is 12.1 Å². The molecule has 4 amide bonds.